The predicted molar refractivity (Wildman–Crippen MR) is 122 cm³/mol. The van der Waals surface area contributed by atoms with Gasteiger partial charge in [0, 0.05) is 29.9 Å². The molecule has 1 fully saturated rings. The summed E-state index contributed by atoms with van der Waals surface area (Å²) in [7, 11) is 0. The summed E-state index contributed by atoms with van der Waals surface area (Å²) < 4.78 is 0. The van der Waals surface area contributed by atoms with Crippen molar-refractivity contribution in [3.63, 3.8) is 0 Å². The van der Waals surface area contributed by atoms with Gasteiger partial charge in [0.1, 0.15) is 0 Å². The molecule has 2 N–H and O–H groups in total. The van der Waals surface area contributed by atoms with Crippen molar-refractivity contribution in [2.24, 2.45) is 0 Å². The number of nitrogens with zero attached hydrogens (tertiary/aromatic N) is 2. The number of nitrogens with one attached hydrogen (secondary N) is 2. The minimum Gasteiger partial charge on any atom is -0.351 e. The molecule has 0 unspecified atom stereocenters. The third kappa shape index (κ3) is 5.61. The summed E-state index contributed by atoms with van der Waals surface area (Å²) in [6.07, 6.45) is 21.5. The molecule has 1 aromatic rings. The average Bonchev–Trinajstić information content (AvgIpc) is 2.83. The largest absolute Gasteiger partial charge is 0.351 e. The number of carbonyl (C=O) groups excluding carboxylic acids is 1. The van der Waals surface area contributed by atoms with E-state index in [1.807, 2.05) is 6.20 Å². The number of aromatic nitrogens is 2. The lowest BCUT2D eigenvalue weighted by Gasteiger charge is -2.21. The Morgan fingerprint density at radius 3 is 2.10 bits per heavy atom. The average molecular weight is 411 g/mol. The van der Waals surface area contributed by atoms with Gasteiger partial charge in [-0.15, -0.1) is 0 Å². The Morgan fingerprint density at radius 1 is 0.800 bits per heavy atom. The number of hydrogen-bond donors (Lipinski definition) is 2. The molecule has 30 heavy (non-hydrogen) atoms. The third-order valence-electron chi connectivity index (χ3n) is 7.02. The van der Waals surface area contributed by atoms with E-state index in [1.54, 1.807) is 0 Å². The number of rotatable bonds is 2. The monoisotopic (exact) mass is 410 g/mol. The molecule has 3 aliphatic rings. The summed E-state index contributed by atoms with van der Waals surface area (Å²) in [6, 6.07) is 0.459. The van der Waals surface area contributed by atoms with Crippen LogP contribution in [-0.4, -0.2) is 21.9 Å². The minimum absolute atomic E-state index is 0.103. The fourth-order valence-corrected chi connectivity index (χ4v) is 5.23. The van der Waals surface area contributed by atoms with Gasteiger partial charge in [-0.3, -0.25) is 4.79 Å². The van der Waals surface area contributed by atoms with E-state index in [9.17, 15) is 4.79 Å². The van der Waals surface area contributed by atoms with E-state index in [1.165, 1.54) is 82.6 Å². The lowest BCUT2D eigenvalue weighted by Crippen LogP contribution is -2.23. The highest BCUT2D eigenvalue weighted by molar-refractivity contribution is 6.02. The van der Waals surface area contributed by atoms with Crippen molar-refractivity contribution in [1.82, 2.24) is 15.3 Å². The van der Waals surface area contributed by atoms with E-state index >= 15 is 0 Å². The van der Waals surface area contributed by atoms with Crippen molar-refractivity contribution in [2.75, 3.05) is 5.32 Å². The second-order valence-electron chi connectivity index (χ2n) is 9.37. The van der Waals surface area contributed by atoms with E-state index < -0.39 is 0 Å². The van der Waals surface area contributed by atoms with Gasteiger partial charge in [-0.1, -0.05) is 64.2 Å². The van der Waals surface area contributed by atoms with Crippen molar-refractivity contribution in [1.29, 1.82) is 0 Å². The third-order valence-corrected chi connectivity index (χ3v) is 7.02. The summed E-state index contributed by atoms with van der Waals surface area (Å²) in [6.45, 7) is 0.533. The van der Waals surface area contributed by atoms with Crippen LogP contribution in [0, 0.1) is 0 Å². The van der Waals surface area contributed by atoms with Crippen LogP contribution in [0.3, 0.4) is 0 Å². The first-order valence-electron chi connectivity index (χ1n) is 12.4. The smallest absolute Gasteiger partial charge is 0.247 e. The molecule has 0 aromatic carbocycles. The van der Waals surface area contributed by atoms with Gasteiger partial charge < -0.3 is 10.6 Å². The van der Waals surface area contributed by atoms with Crippen molar-refractivity contribution in [2.45, 2.75) is 115 Å². The molecular formula is C25H38N4O. The molecule has 0 bridgehead atoms. The first kappa shape index (κ1) is 21.3. The second kappa shape index (κ2) is 10.9. The Hall–Kier alpha value is -1.91. The Morgan fingerprint density at radius 2 is 1.40 bits per heavy atom. The van der Waals surface area contributed by atoms with Gasteiger partial charge in [0.15, 0.2) is 0 Å². The molecule has 5 heteroatoms. The molecule has 164 valence electrons. The molecule has 0 atom stereocenters. The number of allylic oxidation sites excluding steroid dienone is 1. The molecule has 1 amide bonds. The van der Waals surface area contributed by atoms with E-state index in [0.29, 0.717) is 12.6 Å². The van der Waals surface area contributed by atoms with Gasteiger partial charge in [-0.25, -0.2) is 9.97 Å². The molecule has 1 saturated carbocycles. The molecule has 1 aromatic heterocycles. The van der Waals surface area contributed by atoms with Crippen LogP contribution in [0.4, 0.5) is 5.95 Å². The van der Waals surface area contributed by atoms with Crippen LogP contribution in [0.5, 0.6) is 0 Å². The van der Waals surface area contributed by atoms with Crippen LogP contribution in [0.2, 0.25) is 0 Å². The maximum Gasteiger partial charge on any atom is 0.247 e. The highest BCUT2D eigenvalue weighted by atomic mass is 16.1. The van der Waals surface area contributed by atoms with E-state index in [4.69, 9.17) is 4.98 Å². The van der Waals surface area contributed by atoms with Gasteiger partial charge >= 0.3 is 0 Å². The van der Waals surface area contributed by atoms with E-state index in [0.717, 1.165) is 48.5 Å². The summed E-state index contributed by atoms with van der Waals surface area (Å²) in [5.41, 5.74) is 4.23. The Balaban J connectivity index is 1.57. The van der Waals surface area contributed by atoms with Crippen LogP contribution < -0.4 is 10.6 Å². The SMILES string of the molecule is O=C1NCc2cnc(NC3CCCCCCCCC3)nc2C2=C1CCCCCCC2. The summed E-state index contributed by atoms with van der Waals surface area (Å²) in [4.78, 5) is 22.5. The molecule has 0 saturated heterocycles. The van der Waals surface area contributed by atoms with E-state index in [-0.39, 0.29) is 5.91 Å². The van der Waals surface area contributed by atoms with Gasteiger partial charge in [0.25, 0.3) is 0 Å². The lowest BCUT2D eigenvalue weighted by molar-refractivity contribution is -0.117. The van der Waals surface area contributed by atoms with Crippen LogP contribution in [0.25, 0.3) is 5.57 Å². The Labute approximate surface area is 181 Å². The molecular weight excluding hydrogens is 372 g/mol. The van der Waals surface area contributed by atoms with Gasteiger partial charge in [0.05, 0.1) is 5.69 Å². The van der Waals surface area contributed by atoms with Crippen molar-refractivity contribution < 1.29 is 4.79 Å². The second-order valence-corrected chi connectivity index (χ2v) is 9.37. The standard InChI is InChI=1S/C25H38N4O/c30-24-22-16-12-8-4-7-11-15-21(22)23-19(17-26-24)18-27-25(29-23)28-20-13-9-5-2-1-3-6-10-14-20/h18,20H,1-17H2,(H,26,30)(H,27,28,29). The van der Waals surface area contributed by atoms with Crippen LogP contribution in [0.15, 0.2) is 11.8 Å². The molecule has 5 nitrogen and oxygen atoms in total. The van der Waals surface area contributed by atoms with Gasteiger partial charge in [-0.2, -0.15) is 0 Å². The molecule has 4 rings (SSSR count). The zero-order valence-electron chi connectivity index (χ0n) is 18.5. The summed E-state index contributed by atoms with van der Waals surface area (Å²) in [5, 5.41) is 6.76. The molecule has 0 radical (unpaired) electrons. The number of anilines is 1. The summed E-state index contributed by atoms with van der Waals surface area (Å²) in [5.74, 6) is 0.851. The van der Waals surface area contributed by atoms with Crippen molar-refractivity contribution in [3.8, 4) is 0 Å². The number of hydrogen-bond acceptors (Lipinski definition) is 4. The quantitative estimate of drug-likeness (QED) is 0.636. The highest BCUT2D eigenvalue weighted by Crippen LogP contribution is 2.33. The fraction of sp³-hybridized carbons (Fsp3) is 0.720. The van der Waals surface area contributed by atoms with Crippen molar-refractivity contribution >= 4 is 17.4 Å². The number of carbonyl (C=O) groups is 1. The first-order valence-corrected chi connectivity index (χ1v) is 12.4. The summed E-state index contributed by atoms with van der Waals surface area (Å²) >= 11 is 0. The van der Waals surface area contributed by atoms with Crippen LogP contribution in [0.1, 0.15) is 114 Å². The van der Waals surface area contributed by atoms with Crippen molar-refractivity contribution in [3.05, 3.63) is 23.0 Å². The maximum atomic E-state index is 12.8. The van der Waals surface area contributed by atoms with Gasteiger partial charge in [0.2, 0.25) is 11.9 Å². The van der Waals surface area contributed by atoms with Crippen LogP contribution in [-0.2, 0) is 11.3 Å². The zero-order chi connectivity index (χ0) is 20.6. The lowest BCUT2D eigenvalue weighted by atomic mass is 9.95. The molecule has 2 aliphatic carbocycles. The van der Waals surface area contributed by atoms with E-state index in [2.05, 4.69) is 15.6 Å². The number of fused-ring (bicyclic) bond motifs is 2. The molecule has 1 aliphatic heterocycles. The topological polar surface area (TPSA) is 66.9 Å². The van der Waals surface area contributed by atoms with Crippen LogP contribution >= 0.6 is 0 Å². The normalized spacial score (nSPS) is 22.5. The Kier molecular flexibility index (Phi) is 7.76. The minimum atomic E-state index is 0.103. The predicted octanol–water partition coefficient (Wildman–Crippen LogP) is 5.91. The number of amides is 1. The first-order chi connectivity index (χ1) is 14.8. The maximum absolute atomic E-state index is 12.8. The zero-order valence-corrected chi connectivity index (χ0v) is 18.5. The fourth-order valence-electron chi connectivity index (χ4n) is 5.23. The van der Waals surface area contributed by atoms with Gasteiger partial charge in [-0.05, 0) is 44.1 Å². The molecule has 0 spiro atoms. The molecule has 2 heterocycles. The highest BCUT2D eigenvalue weighted by Gasteiger charge is 2.25. The Bertz CT molecular complexity index is 748.